The van der Waals surface area contributed by atoms with Crippen molar-refractivity contribution in [3.05, 3.63) is 57.5 Å². The Bertz CT molecular complexity index is 853. The number of alkyl carbamates (subject to hydrolysis) is 1. The molecule has 0 spiro atoms. The first-order valence-corrected chi connectivity index (χ1v) is 10.6. The van der Waals surface area contributed by atoms with E-state index in [0.29, 0.717) is 16.7 Å². The molecule has 0 unspecified atom stereocenters. The largest absolute Gasteiger partial charge is 0.445 e. The molecule has 2 amide bonds. The summed E-state index contributed by atoms with van der Waals surface area (Å²) in [5.41, 5.74) is 1.43. The molecule has 0 radical (unpaired) electrons. The number of ether oxygens (including phenoxy) is 1. The molecule has 9 heteroatoms. The van der Waals surface area contributed by atoms with Crippen LogP contribution >= 0.6 is 27.5 Å². The van der Waals surface area contributed by atoms with Gasteiger partial charge in [0.15, 0.2) is 5.15 Å². The fraction of sp³-hybridized carbons (Fsp3) is 0.400. The maximum atomic E-state index is 12.6. The number of amides is 2. The summed E-state index contributed by atoms with van der Waals surface area (Å²) in [6.07, 6.45) is 4.08. The summed E-state index contributed by atoms with van der Waals surface area (Å²) in [6.45, 7) is 0.426. The highest BCUT2D eigenvalue weighted by molar-refractivity contribution is 9.10. The molecule has 1 aromatic heterocycles. The number of carbonyl (C=O) groups excluding carboxylic acids is 2. The van der Waals surface area contributed by atoms with Crippen LogP contribution in [0.4, 0.5) is 4.79 Å². The number of nitrogens with one attached hydrogen (secondary N) is 2. The van der Waals surface area contributed by atoms with Crippen molar-refractivity contribution in [3.63, 3.8) is 0 Å². The van der Waals surface area contributed by atoms with E-state index in [1.807, 2.05) is 30.3 Å². The molecule has 0 aliphatic heterocycles. The van der Waals surface area contributed by atoms with Gasteiger partial charge in [-0.3, -0.25) is 4.79 Å². The zero-order valence-corrected chi connectivity index (χ0v) is 18.1. The smallest absolute Gasteiger partial charge is 0.407 e. The highest BCUT2D eigenvalue weighted by atomic mass is 79.9. The van der Waals surface area contributed by atoms with Crippen LogP contribution in [0.3, 0.4) is 0 Å². The summed E-state index contributed by atoms with van der Waals surface area (Å²) >= 11 is 9.25. The summed E-state index contributed by atoms with van der Waals surface area (Å²) < 4.78 is 5.83. The Morgan fingerprint density at radius 1 is 1.24 bits per heavy atom. The standard InChI is InChI=1S/C20H22BrClN4O3/c21-17-11-23-18(22)16(26-17)10-24-19(27)14-7-4-8-15(9-14)25-20(28)29-12-13-5-2-1-3-6-13/h1-3,5-6,11,14-15H,4,7-10,12H2,(H,24,27)(H,25,28)/t14-,15-/m1/s1. The number of hydrogen-bond donors (Lipinski definition) is 2. The van der Waals surface area contributed by atoms with Crippen LogP contribution in [0.15, 0.2) is 41.1 Å². The van der Waals surface area contributed by atoms with Crippen LogP contribution < -0.4 is 10.6 Å². The van der Waals surface area contributed by atoms with Crippen molar-refractivity contribution >= 4 is 39.5 Å². The minimum atomic E-state index is -0.462. The van der Waals surface area contributed by atoms with Crippen molar-refractivity contribution in [3.8, 4) is 0 Å². The van der Waals surface area contributed by atoms with Gasteiger partial charge in [0.05, 0.1) is 18.4 Å². The van der Waals surface area contributed by atoms with Gasteiger partial charge in [-0.25, -0.2) is 14.8 Å². The molecule has 0 saturated heterocycles. The lowest BCUT2D eigenvalue weighted by Gasteiger charge is -2.28. The molecule has 1 aromatic carbocycles. The third-order valence-electron chi connectivity index (χ3n) is 4.77. The van der Waals surface area contributed by atoms with Crippen molar-refractivity contribution in [2.75, 3.05) is 0 Å². The fourth-order valence-electron chi connectivity index (χ4n) is 3.31. The molecule has 2 aromatic rings. The van der Waals surface area contributed by atoms with Crippen molar-refractivity contribution < 1.29 is 14.3 Å². The monoisotopic (exact) mass is 480 g/mol. The summed E-state index contributed by atoms with van der Waals surface area (Å²) in [4.78, 5) is 32.8. The van der Waals surface area contributed by atoms with E-state index in [1.54, 1.807) is 0 Å². The van der Waals surface area contributed by atoms with Crippen LogP contribution in [-0.2, 0) is 22.7 Å². The summed E-state index contributed by atoms with van der Waals surface area (Å²) in [5, 5.41) is 6.00. The van der Waals surface area contributed by atoms with Gasteiger partial charge in [-0.15, -0.1) is 0 Å². The minimum Gasteiger partial charge on any atom is -0.445 e. The first-order valence-electron chi connectivity index (χ1n) is 9.43. The Labute approximate surface area is 182 Å². The first kappa shape index (κ1) is 21.5. The molecule has 1 saturated carbocycles. The molecule has 2 N–H and O–H groups in total. The number of rotatable bonds is 6. The van der Waals surface area contributed by atoms with E-state index in [4.69, 9.17) is 16.3 Å². The molecular formula is C20H22BrClN4O3. The number of carbonyl (C=O) groups is 2. The maximum Gasteiger partial charge on any atom is 0.407 e. The topological polar surface area (TPSA) is 93.2 Å². The number of benzene rings is 1. The van der Waals surface area contributed by atoms with Crippen molar-refractivity contribution in [1.29, 1.82) is 0 Å². The summed E-state index contributed by atoms with van der Waals surface area (Å²) in [5.74, 6) is -0.256. The molecule has 1 aliphatic rings. The number of aromatic nitrogens is 2. The van der Waals surface area contributed by atoms with Crippen LogP contribution in [0.2, 0.25) is 5.15 Å². The second-order valence-corrected chi connectivity index (χ2v) is 8.09. The maximum absolute atomic E-state index is 12.6. The van der Waals surface area contributed by atoms with Crippen LogP contribution in [0.25, 0.3) is 0 Å². The van der Waals surface area contributed by atoms with Gasteiger partial charge in [0.1, 0.15) is 11.2 Å². The molecule has 29 heavy (non-hydrogen) atoms. The lowest BCUT2D eigenvalue weighted by Crippen LogP contribution is -2.42. The van der Waals surface area contributed by atoms with E-state index in [-0.39, 0.29) is 36.2 Å². The molecule has 0 bridgehead atoms. The molecule has 1 aliphatic carbocycles. The average Bonchev–Trinajstić information content (AvgIpc) is 2.73. The van der Waals surface area contributed by atoms with Gasteiger partial charge in [-0.1, -0.05) is 48.4 Å². The van der Waals surface area contributed by atoms with E-state index < -0.39 is 6.09 Å². The quantitative estimate of drug-likeness (QED) is 0.651. The zero-order valence-electron chi connectivity index (χ0n) is 15.7. The predicted octanol–water partition coefficient (Wildman–Crippen LogP) is 3.99. The molecule has 3 rings (SSSR count). The van der Waals surface area contributed by atoms with Gasteiger partial charge in [0, 0.05) is 12.0 Å². The number of nitrogens with zero attached hydrogens (tertiary/aromatic N) is 2. The van der Waals surface area contributed by atoms with Crippen molar-refractivity contribution in [1.82, 2.24) is 20.6 Å². The molecule has 1 heterocycles. The van der Waals surface area contributed by atoms with Crippen LogP contribution in [0, 0.1) is 5.92 Å². The van der Waals surface area contributed by atoms with E-state index in [0.717, 1.165) is 24.8 Å². The Kier molecular flexibility index (Phi) is 7.83. The highest BCUT2D eigenvalue weighted by Gasteiger charge is 2.28. The summed E-state index contributed by atoms with van der Waals surface area (Å²) in [7, 11) is 0. The Morgan fingerprint density at radius 3 is 2.83 bits per heavy atom. The third-order valence-corrected chi connectivity index (χ3v) is 5.47. The average molecular weight is 482 g/mol. The number of hydrogen-bond acceptors (Lipinski definition) is 5. The van der Waals surface area contributed by atoms with Gasteiger partial charge < -0.3 is 15.4 Å². The second-order valence-electron chi connectivity index (χ2n) is 6.91. The highest BCUT2D eigenvalue weighted by Crippen LogP contribution is 2.25. The van der Waals surface area contributed by atoms with Crippen molar-refractivity contribution in [2.24, 2.45) is 5.92 Å². The van der Waals surface area contributed by atoms with Gasteiger partial charge >= 0.3 is 6.09 Å². The van der Waals surface area contributed by atoms with E-state index in [2.05, 4.69) is 36.5 Å². The minimum absolute atomic E-state index is 0.0769. The normalized spacial score (nSPS) is 18.7. The molecule has 7 nitrogen and oxygen atoms in total. The van der Waals surface area contributed by atoms with Gasteiger partial charge in [0.25, 0.3) is 0 Å². The van der Waals surface area contributed by atoms with Gasteiger partial charge in [-0.05, 0) is 40.8 Å². The van der Waals surface area contributed by atoms with E-state index in [1.165, 1.54) is 6.20 Å². The fourth-order valence-corrected chi connectivity index (χ4v) is 3.78. The van der Waals surface area contributed by atoms with Gasteiger partial charge in [-0.2, -0.15) is 0 Å². The van der Waals surface area contributed by atoms with Crippen molar-refractivity contribution in [2.45, 2.75) is 44.9 Å². The van der Waals surface area contributed by atoms with Crippen LogP contribution in [0.1, 0.15) is 36.9 Å². The molecular weight excluding hydrogens is 460 g/mol. The molecule has 154 valence electrons. The lowest BCUT2D eigenvalue weighted by molar-refractivity contribution is -0.126. The second kappa shape index (κ2) is 10.5. The van der Waals surface area contributed by atoms with Crippen LogP contribution in [0.5, 0.6) is 0 Å². The zero-order chi connectivity index (χ0) is 20.6. The lowest BCUT2D eigenvalue weighted by atomic mass is 9.85. The van der Waals surface area contributed by atoms with E-state index in [9.17, 15) is 9.59 Å². The Hall–Kier alpha value is -2.19. The molecule has 2 atom stereocenters. The SMILES string of the molecule is O=C(N[C@@H]1CCC[C@@H](C(=O)NCc2nc(Br)cnc2Cl)C1)OCc1ccccc1. The Balaban J connectivity index is 1.45. The number of halogens is 2. The van der Waals surface area contributed by atoms with Gasteiger partial charge in [0.2, 0.25) is 5.91 Å². The van der Waals surface area contributed by atoms with Crippen LogP contribution in [-0.4, -0.2) is 28.0 Å². The summed E-state index contributed by atoms with van der Waals surface area (Å²) in [6, 6.07) is 9.42. The molecule has 1 fully saturated rings. The van der Waals surface area contributed by atoms with E-state index >= 15 is 0 Å². The first-order chi connectivity index (χ1) is 14.0. The predicted molar refractivity (Wildman–Crippen MR) is 112 cm³/mol. The Morgan fingerprint density at radius 2 is 2.03 bits per heavy atom. The third kappa shape index (κ3) is 6.68.